The van der Waals surface area contributed by atoms with Crippen LogP contribution < -0.4 is 15.0 Å². The van der Waals surface area contributed by atoms with E-state index >= 15 is 0 Å². The third kappa shape index (κ3) is 8.71. The number of amides is 2. The second-order valence-corrected chi connectivity index (χ2v) is 13.6. The summed E-state index contributed by atoms with van der Waals surface area (Å²) in [5, 5.41) is 14.4. The van der Waals surface area contributed by atoms with Crippen molar-refractivity contribution in [2.75, 3.05) is 31.6 Å². The van der Waals surface area contributed by atoms with Gasteiger partial charge in [-0.15, -0.1) is 0 Å². The van der Waals surface area contributed by atoms with E-state index in [-0.39, 0.29) is 36.2 Å². The predicted octanol–water partition coefficient (Wildman–Crippen LogP) is 4.05. The quantitative estimate of drug-likeness (QED) is 0.235. The summed E-state index contributed by atoms with van der Waals surface area (Å²) in [6, 6.07) is 21.1. The van der Waals surface area contributed by atoms with Crippen molar-refractivity contribution in [1.82, 2.24) is 9.62 Å². The largest absolute Gasteiger partial charge is 0.497 e. The summed E-state index contributed by atoms with van der Waals surface area (Å²) in [6.45, 7) is 5.00. The van der Waals surface area contributed by atoms with Gasteiger partial charge in [0.2, 0.25) is 10.0 Å². The molecule has 0 spiro atoms. The maximum Gasteiger partial charge on any atom is 0.415 e. The van der Waals surface area contributed by atoms with Gasteiger partial charge in [-0.05, 0) is 79.8 Å². The smallest absolute Gasteiger partial charge is 0.415 e. The Hall–Kier alpha value is -4.26. The van der Waals surface area contributed by atoms with Crippen molar-refractivity contribution >= 4 is 33.5 Å². The van der Waals surface area contributed by atoms with Crippen LogP contribution in [0.4, 0.5) is 10.5 Å². The van der Waals surface area contributed by atoms with Gasteiger partial charge in [0.05, 0.1) is 30.7 Å². The fourth-order valence-corrected chi connectivity index (χ4v) is 6.82. The molecule has 3 aromatic rings. The van der Waals surface area contributed by atoms with Crippen molar-refractivity contribution in [3.8, 4) is 5.75 Å². The highest BCUT2D eigenvalue weighted by Crippen LogP contribution is 2.24. The van der Waals surface area contributed by atoms with Gasteiger partial charge in [-0.3, -0.25) is 14.5 Å². The molecule has 0 unspecified atom stereocenters. The first-order valence-electron chi connectivity index (χ1n) is 15.1. The number of aryl methyl sites for hydroxylation is 1. The molecule has 1 aliphatic heterocycles. The first-order chi connectivity index (χ1) is 21.9. The van der Waals surface area contributed by atoms with Gasteiger partial charge in [-0.2, -0.15) is 4.31 Å². The SMILES string of the molecule is COc1ccc(S(=O)(=O)N(CC(C)C)C[C@@H](O)[C@H](CCc2ccccc2)NC(=O)[C@@H]2CN(c3ccc(C(C)=O)cc3)C(=O)O2)cc1. The number of hydrogen-bond donors (Lipinski definition) is 2. The maximum atomic E-state index is 13.7. The second kappa shape index (κ2) is 15.4. The molecule has 11 nitrogen and oxygen atoms in total. The monoisotopic (exact) mass is 651 g/mol. The fourth-order valence-electron chi connectivity index (χ4n) is 5.20. The molecule has 0 aromatic heterocycles. The number of aliphatic hydroxyl groups is 1. The second-order valence-electron chi connectivity index (χ2n) is 11.7. The summed E-state index contributed by atoms with van der Waals surface area (Å²) >= 11 is 0. The van der Waals surface area contributed by atoms with Crippen molar-refractivity contribution in [3.63, 3.8) is 0 Å². The summed E-state index contributed by atoms with van der Waals surface area (Å²) in [5.74, 6) is -0.262. The topological polar surface area (TPSA) is 143 Å². The molecule has 1 aliphatic rings. The van der Waals surface area contributed by atoms with E-state index in [1.165, 1.54) is 35.4 Å². The van der Waals surface area contributed by atoms with E-state index in [1.807, 2.05) is 44.2 Å². The van der Waals surface area contributed by atoms with Gasteiger partial charge in [0.15, 0.2) is 11.9 Å². The molecule has 1 saturated heterocycles. The summed E-state index contributed by atoms with van der Waals surface area (Å²) in [4.78, 5) is 39.2. The highest BCUT2D eigenvalue weighted by Gasteiger charge is 2.39. The molecule has 2 amide bonds. The molecule has 0 radical (unpaired) electrons. The van der Waals surface area contributed by atoms with Crippen molar-refractivity contribution in [1.29, 1.82) is 0 Å². The third-order valence-electron chi connectivity index (χ3n) is 7.73. The minimum Gasteiger partial charge on any atom is -0.497 e. The van der Waals surface area contributed by atoms with Crippen LogP contribution in [-0.2, 0) is 26.0 Å². The van der Waals surface area contributed by atoms with Crippen molar-refractivity contribution in [2.24, 2.45) is 5.92 Å². The van der Waals surface area contributed by atoms with Crippen LogP contribution in [0.3, 0.4) is 0 Å². The van der Waals surface area contributed by atoms with Crippen LogP contribution >= 0.6 is 0 Å². The number of methoxy groups -OCH3 is 1. The number of carbonyl (C=O) groups is 3. The zero-order valence-electron chi connectivity index (χ0n) is 26.5. The number of ether oxygens (including phenoxy) is 2. The molecule has 1 fully saturated rings. The predicted molar refractivity (Wildman–Crippen MR) is 173 cm³/mol. The van der Waals surface area contributed by atoms with Crippen LogP contribution in [0.25, 0.3) is 0 Å². The number of carbonyl (C=O) groups excluding carboxylic acids is 3. The number of anilines is 1. The van der Waals surface area contributed by atoms with E-state index in [0.717, 1.165) is 5.56 Å². The van der Waals surface area contributed by atoms with Crippen molar-refractivity contribution in [3.05, 3.63) is 90.0 Å². The minimum atomic E-state index is -4.01. The number of benzene rings is 3. The average Bonchev–Trinajstić information content (AvgIpc) is 3.44. The van der Waals surface area contributed by atoms with Gasteiger partial charge in [0.25, 0.3) is 5.91 Å². The lowest BCUT2D eigenvalue weighted by atomic mass is 10.0. The molecular weight excluding hydrogens is 610 g/mol. The van der Waals surface area contributed by atoms with E-state index < -0.39 is 40.3 Å². The lowest BCUT2D eigenvalue weighted by molar-refractivity contribution is -0.129. The minimum absolute atomic E-state index is 0.0500. The van der Waals surface area contributed by atoms with E-state index in [4.69, 9.17) is 9.47 Å². The Morgan fingerprint density at radius 2 is 1.67 bits per heavy atom. The average molecular weight is 652 g/mol. The molecule has 246 valence electrons. The number of ketones is 1. The molecule has 3 aromatic carbocycles. The van der Waals surface area contributed by atoms with Crippen LogP contribution in [0.15, 0.2) is 83.8 Å². The summed E-state index contributed by atoms with van der Waals surface area (Å²) < 4.78 is 39.2. The zero-order chi connectivity index (χ0) is 33.4. The molecule has 46 heavy (non-hydrogen) atoms. The van der Waals surface area contributed by atoms with Crippen molar-refractivity contribution in [2.45, 2.75) is 56.8 Å². The number of cyclic esters (lactones) is 1. The van der Waals surface area contributed by atoms with Crippen LogP contribution in [0.1, 0.15) is 43.1 Å². The Labute approximate surface area is 270 Å². The Morgan fingerprint density at radius 1 is 1.02 bits per heavy atom. The number of sulfonamides is 1. The van der Waals surface area contributed by atoms with E-state index in [1.54, 1.807) is 36.4 Å². The molecule has 0 bridgehead atoms. The number of hydrogen-bond acceptors (Lipinski definition) is 8. The molecule has 0 aliphatic carbocycles. The van der Waals surface area contributed by atoms with Crippen LogP contribution in [-0.4, -0.2) is 80.6 Å². The molecule has 0 saturated carbocycles. The summed E-state index contributed by atoms with van der Waals surface area (Å²) in [6.07, 6.45) is -2.37. The van der Waals surface area contributed by atoms with Crippen LogP contribution in [0.2, 0.25) is 0 Å². The highest BCUT2D eigenvalue weighted by molar-refractivity contribution is 7.89. The lowest BCUT2D eigenvalue weighted by Crippen LogP contribution is -2.52. The molecule has 4 rings (SSSR count). The van der Waals surface area contributed by atoms with Gasteiger partial charge >= 0.3 is 6.09 Å². The van der Waals surface area contributed by atoms with Gasteiger partial charge in [0, 0.05) is 24.3 Å². The standard InChI is InChI=1S/C34H41N3O8S/c1-23(2)20-36(46(42,43)29-17-15-28(44-4)16-18-29)21-31(39)30(19-10-25-8-6-5-7-9-25)35-33(40)32-22-37(34(41)45-32)27-13-11-26(12-14-27)24(3)38/h5-9,11-18,23,30-32,39H,10,19-22H2,1-4H3,(H,35,40)/t30-,31+,32-/m0/s1. The van der Waals surface area contributed by atoms with Crippen LogP contribution in [0.5, 0.6) is 5.75 Å². The molecule has 12 heteroatoms. The highest BCUT2D eigenvalue weighted by atomic mass is 32.2. The van der Waals surface area contributed by atoms with Gasteiger partial charge < -0.3 is 19.9 Å². The van der Waals surface area contributed by atoms with E-state index in [0.29, 0.717) is 29.8 Å². The van der Waals surface area contributed by atoms with Gasteiger partial charge in [-0.1, -0.05) is 44.2 Å². The normalized spacial score (nSPS) is 16.3. The number of Topliss-reactive ketones (excluding diaryl/α,β-unsaturated/α-hetero) is 1. The molecular formula is C34H41N3O8S. The Morgan fingerprint density at radius 3 is 2.26 bits per heavy atom. The Kier molecular flexibility index (Phi) is 11.5. The van der Waals surface area contributed by atoms with E-state index in [2.05, 4.69) is 5.32 Å². The zero-order valence-corrected chi connectivity index (χ0v) is 27.3. The van der Waals surface area contributed by atoms with Gasteiger partial charge in [0.1, 0.15) is 5.75 Å². The fraction of sp³-hybridized carbons (Fsp3) is 0.382. The number of nitrogens with zero attached hydrogens (tertiary/aromatic N) is 2. The lowest BCUT2D eigenvalue weighted by Gasteiger charge is -2.31. The summed E-state index contributed by atoms with van der Waals surface area (Å²) in [5.41, 5.74) is 1.94. The third-order valence-corrected chi connectivity index (χ3v) is 9.57. The summed E-state index contributed by atoms with van der Waals surface area (Å²) in [7, 11) is -2.51. The first kappa shape index (κ1) is 34.6. The first-order valence-corrected chi connectivity index (χ1v) is 16.6. The number of nitrogens with one attached hydrogen (secondary N) is 1. The molecule has 1 heterocycles. The Bertz CT molecular complexity index is 1600. The van der Waals surface area contributed by atoms with Gasteiger partial charge in [-0.25, -0.2) is 13.2 Å². The van der Waals surface area contributed by atoms with E-state index in [9.17, 15) is 27.9 Å². The van der Waals surface area contributed by atoms with Crippen molar-refractivity contribution < 1.29 is 37.4 Å². The van der Waals surface area contributed by atoms with Crippen LogP contribution in [0, 0.1) is 5.92 Å². The molecule has 2 N–H and O–H groups in total. The number of rotatable bonds is 15. The maximum absolute atomic E-state index is 13.7. The number of aliphatic hydroxyl groups excluding tert-OH is 1. The molecule has 3 atom stereocenters. The Balaban J connectivity index is 1.52.